The van der Waals surface area contributed by atoms with Crippen LogP contribution in [0.3, 0.4) is 0 Å². The number of aromatic nitrogens is 4. The summed E-state index contributed by atoms with van der Waals surface area (Å²) in [6.07, 6.45) is -1.89. The van der Waals surface area contributed by atoms with Gasteiger partial charge in [-0.2, -0.15) is 18.2 Å². The standard InChI is InChI=1S/C20H19ClF3N5O2/c1-28-11-16(20(22,23)24)26-17(28)14-4-2-13(3-5-14)12-31-18-15(10-25-19(21)27-18)29-6-8-30-9-7-29/h2-5,10-11H,6-9,12H2,1H3. The highest BCUT2D eigenvalue weighted by molar-refractivity contribution is 6.28. The number of anilines is 1. The molecule has 7 nitrogen and oxygen atoms in total. The molecule has 1 fully saturated rings. The first-order valence-corrected chi connectivity index (χ1v) is 9.87. The number of hydrogen-bond acceptors (Lipinski definition) is 6. The number of rotatable bonds is 5. The molecule has 1 saturated heterocycles. The van der Waals surface area contributed by atoms with Crippen LogP contribution >= 0.6 is 11.6 Å². The highest BCUT2D eigenvalue weighted by Gasteiger charge is 2.34. The van der Waals surface area contributed by atoms with Gasteiger partial charge in [0.15, 0.2) is 5.69 Å². The van der Waals surface area contributed by atoms with Crippen LogP contribution in [0, 0.1) is 0 Å². The molecule has 1 aliphatic rings. The first kappa shape index (κ1) is 21.4. The van der Waals surface area contributed by atoms with E-state index in [1.165, 1.54) is 11.6 Å². The first-order chi connectivity index (χ1) is 14.8. The number of benzene rings is 1. The highest BCUT2D eigenvalue weighted by atomic mass is 35.5. The summed E-state index contributed by atoms with van der Waals surface area (Å²) in [5.41, 5.74) is 1.20. The predicted octanol–water partition coefficient (Wildman–Crippen LogP) is 3.96. The van der Waals surface area contributed by atoms with Crippen LogP contribution in [0.4, 0.5) is 18.9 Å². The van der Waals surface area contributed by atoms with Gasteiger partial charge in [-0.15, -0.1) is 0 Å². The average molecular weight is 454 g/mol. The Balaban J connectivity index is 1.48. The van der Waals surface area contributed by atoms with E-state index in [4.69, 9.17) is 21.1 Å². The predicted molar refractivity (Wildman–Crippen MR) is 108 cm³/mol. The largest absolute Gasteiger partial charge is 0.471 e. The number of ether oxygens (including phenoxy) is 2. The fourth-order valence-corrected chi connectivity index (χ4v) is 3.37. The van der Waals surface area contributed by atoms with E-state index in [0.29, 0.717) is 37.7 Å². The van der Waals surface area contributed by atoms with Gasteiger partial charge < -0.3 is 18.9 Å². The van der Waals surface area contributed by atoms with E-state index in [1.54, 1.807) is 30.5 Å². The average Bonchev–Trinajstić information content (AvgIpc) is 3.15. The van der Waals surface area contributed by atoms with Crippen LogP contribution in [-0.4, -0.2) is 45.8 Å². The van der Waals surface area contributed by atoms with E-state index in [1.807, 2.05) is 0 Å². The minimum atomic E-state index is -4.49. The molecule has 164 valence electrons. The van der Waals surface area contributed by atoms with Crippen molar-refractivity contribution in [2.24, 2.45) is 7.05 Å². The summed E-state index contributed by atoms with van der Waals surface area (Å²) in [7, 11) is 1.53. The molecule has 0 radical (unpaired) electrons. The number of halogens is 4. The van der Waals surface area contributed by atoms with Crippen LogP contribution in [0.1, 0.15) is 11.3 Å². The molecule has 0 bridgehead atoms. The van der Waals surface area contributed by atoms with Gasteiger partial charge in [-0.25, -0.2) is 9.97 Å². The quantitative estimate of drug-likeness (QED) is 0.545. The van der Waals surface area contributed by atoms with Crippen LogP contribution in [-0.2, 0) is 24.6 Å². The molecule has 31 heavy (non-hydrogen) atoms. The molecule has 1 aromatic carbocycles. The minimum Gasteiger partial charge on any atom is -0.471 e. The topological polar surface area (TPSA) is 65.3 Å². The van der Waals surface area contributed by atoms with Gasteiger partial charge in [-0.1, -0.05) is 24.3 Å². The number of alkyl halides is 3. The number of imidazole rings is 1. The molecule has 0 unspecified atom stereocenters. The fraction of sp³-hybridized carbons (Fsp3) is 0.350. The van der Waals surface area contributed by atoms with Crippen molar-refractivity contribution in [3.63, 3.8) is 0 Å². The zero-order valence-corrected chi connectivity index (χ0v) is 17.3. The second-order valence-electron chi connectivity index (χ2n) is 6.97. The smallest absolute Gasteiger partial charge is 0.434 e. The molecule has 11 heteroatoms. The second-order valence-corrected chi connectivity index (χ2v) is 7.31. The van der Waals surface area contributed by atoms with E-state index in [9.17, 15) is 13.2 Å². The third-order valence-electron chi connectivity index (χ3n) is 4.81. The number of hydrogen-bond donors (Lipinski definition) is 0. The van der Waals surface area contributed by atoms with Gasteiger partial charge in [0.25, 0.3) is 0 Å². The molecule has 0 N–H and O–H groups in total. The lowest BCUT2D eigenvalue weighted by Gasteiger charge is -2.29. The molecule has 4 rings (SSSR count). The summed E-state index contributed by atoms with van der Waals surface area (Å²) < 4.78 is 51.3. The summed E-state index contributed by atoms with van der Waals surface area (Å²) >= 11 is 5.94. The third-order valence-corrected chi connectivity index (χ3v) is 4.99. The Morgan fingerprint density at radius 2 is 1.84 bits per heavy atom. The minimum absolute atomic E-state index is 0.0811. The lowest BCUT2D eigenvalue weighted by Crippen LogP contribution is -2.36. The van der Waals surface area contributed by atoms with Crippen LogP contribution in [0.5, 0.6) is 5.88 Å². The van der Waals surface area contributed by atoms with Crippen LogP contribution < -0.4 is 9.64 Å². The Morgan fingerprint density at radius 3 is 2.48 bits per heavy atom. The lowest BCUT2D eigenvalue weighted by molar-refractivity contribution is -0.140. The monoisotopic (exact) mass is 453 g/mol. The highest BCUT2D eigenvalue weighted by Crippen LogP contribution is 2.31. The molecule has 2 aromatic heterocycles. The van der Waals surface area contributed by atoms with Gasteiger partial charge >= 0.3 is 6.18 Å². The van der Waals surface area contributed by atoms with Gasteiger partial charge in [-0.05, 0) is 17.2 Å². The molecule has 0 aliphatic carbocycles. The molecule has 0 amide bonds. The van der Waals surface area contributed by atoms with Crippen molar-refractivity contribution in [1.29, 1.82) is 0 Å². The zero-order chi connectivity index (χ0) is 22.0. The Bertz CT molecular complexity index is 1050. The number of nitrogens with zero attached hydrogens (tertiary/aromatic N) is 5. The van der Waals surface area contributed by atoms with Crippen molar-refractivity contribution < 1.29 is 22.6 Å². The van der Waals surface area contributed by atoms with Gasteiger partial charge in [0.1, 0.15) is 18.1 Å². The van der Waals surface area contributed by atoms with Gasteiger partial charge in [0.2, 0.25) is 11.2 Å². The molecular weight excluding hydrogens is 435 g/mol. The molecule has 3 heterocycles. The van der Waals surface area contributed by atoms with Crippen LogP contribution in [0.2, 0.25) is 5.28 Å². The normalized spacial score (nSPS) is 14.7. The summed E-state index contributed by atoms with van der Waals surface area (Å²) in [5.74, 6) is 0.599. The Labute approximate surface area is 181 Å². The van der Waals surface area contributed by atoms with E-state index in [0.717, 1.165) is 17.4 Å². The van der Waals surface area contributed by atoms with Gasteiger partial charge in [0.05, 0.1) is 19.4 Å². The Morgan fingerprint density at radius 1 is 1.13 bits per heavy atom. The van der Waals surface area contributed by atoms with Crippen molar-refractivity contribution in [3.05, 3.63) is 53.2 Å². The Hall–Kier alpha value is -2.85. The van der Waals surface area contributed by atoms with Crippen molar-refractivity contribution in [3.8, 4) is 17.3 Å². The van der Waals surface area contributed by atoms with E-state index in [2.05, 4.69) is 19.9 Å². The van der Waals surface area contributed by atoms with E-state index in [-0.39, 0.29) is 17.7 Å². The van der Waals surface area contributed by atoms with Crippen molar-refractivity contribution in [2.45, 2.75) is 12.8 Å². The van der Waals surface area contributed by atoms with Gasteiger partial charge in [0, 0.05) is 31.9 Å². The SMILES string of the molecule is Cn1cc(C(F)(F)F)nc1-c1ccc(COc2nc(Cl)ncc2N2CCOCC2)cc1. The number of aryl methyl sites for hydroxylation is 1. The molecule has 0 atom stereocenters. The zero-order valence-electron chi connectivity index (χ0n) is 16.6. The van der Waals surface area contributed by atoms with Crippen LogP contribution in [0.15, 0.2) is 36.7 Å². The maximum Gasteiger partial charge on any atom is 0.434 e. The Kier molecular flexibility index (Phi) is 6.01. The summed E-state index contributed by atoms with van der Waals surface area (Å²) in [6, 6.07) is 6.96. The number of morpholine rings is 1. The molecular formula is C20H19ClF3N5O2. The maximum atomic E-state index is 12.9. The molecule has 0 saturated carbocycles. The van der Waals surface area contributed by atoms with Crippen molar-refractivity contribution in [1.82, 2.24) is 19.5 Å². The maximum absolute atomic E-state index is 12.9. The van der Waals surface area contributed by atoms with Crippen molar-refractivity contribution >= 4 is 17.3 Å². The van der Waals surface area contributed by atoms with Crippen molar-refractivity contribution in [2.75, 3.05) is 31.2 Å². The fourth-order valence-electron chi connectivity index (χ4n) is 3.24. The molecule has 3 aromatic rings. The van der Waals surface area contributed by atoms with Crippen LogP contribution in [0.25, 0.3) is 11.4 Å². The second kappa shape index (κ2) is 8.72. The van der Waals surface area contributed by atoms with E-state index >= 15 is 0 Å². The molecule has 0 spiro atoms. The van der Waals surface area contributed by atoms with E-state index < -0.39 is 11.9 Å². The summed E-state index contributed by atoms with van der Waals surface area (Å²) in [6.45, 7) is 2.80. The third kappa shape index (κ3) is 4.91. The molecule has 1 aliphatic heterocycles. The first-order valence-electron chi connectivity index (χ1n) is 9.49. The summed E-state index contributed by atoms with van der Waals surface area (Å²) in [5, 5.41) is 0.0811. The summed E-state index contributed by atoms with van der Waals surface area (Å²) in [4.78, 5) is 14.0. The van der Waals surface area contributed by atoms with Gasteiger partial charge in [-0.3, -0.25) is 0 Å². The lowest BCUT2D eigenvalue weighted by atomic mass is 10.1.